The minimum Gasteiger partial charge on any atom is -0.347 e. The molecule has 3 aromatic rings. The molecule has 130 valence electrons. The number of nitrogens with zero attached hydrogens (tertiary/aromatic N) is 3. The molecule has 0 saturated carbocycles. The first kappa shape index (κ1) is 17.7. The number of aryl methyl sites for hydroxylation is 1. The van der Waals surface area contributed by atoms with Crippen molar-refractivity contribution < 1.29 is 4.79 Å². The van der Waals surface area contributed by atoms with Crippen LogP contribution in [0.4, 0.5) is 0 Å². The van der Waals surface area contributed by atoms with E-state index in [1.165, 1.54) is 5.56 Å². The maximum absolute atomic E-state index is 12.8. The summed E-state index contributed by atoms with van der Waals surface area (Å²) >= 11 is 3.26. The highest BCUT2D eigenvalue weighted by Gasteiger charge is 2.22. The molecule has 0 aliphatic heterocycles. The van der Waals surface area contributed by atoms with E-state index in [-0.39, 0.29) is 5.91 Å². The van der Waals surface area contributed by atoms with E-state index in [0.29, 0.717) is 23.8 Å². The maximum atomic E-state index is 12.8. The summed E-state index contributed by atoms with van der Waals surface area (Å²) in [4.78, 5) is 13.8. The Morgan fingerprint density at radius 2 is 2.08 bits per heavy atom. The van der Waals surface area contributed by atoms with Crippen LogP contribution >= 0.6 is 23.1 Å². The molecule has 1 N–H and O–H groups in total. The molecule has 1 amide bonds. The number of thiophene rings is 1. The smallest absolute Gasteiger partial charge is 0.272 e. The number of amides is 1. The van der Waals surface area contributed by atoms with Crippen molar-refractivity contribution in [1.82, 2.24) is 20.3 Å². The van der Waals surface area contributed by atoms with Crippen molar-refractivity contribution in [3.05, 3.63) is 58.6 Å². The molecular formula is C18H20N4OS2. The SMILES string of the molecule is CCSCn1nnc(-c2cccs2)c1C(=O)NCc1ccc(C)cc1. The second-order valence-corrected chi connectivity index (χ2v) is 7.75. The number of hydrogen-bond donors (Lipinski definition) is 1. The number of hydrogen-bond acceptors (Lipinski definition) is 5. The van der Waals surface area contributed by atoms with Crippen molar-refractivity contribution in [1.29, 1.82) is 0 Å². The largest absolute Gasteiger partial charge is 0.347 e. The number of carbonyl (C=O) groups excluding carboxylic acids is 1. The lowest BCUT2D eigenvalue weighted by Gasteiger charge is -2.09. The first-order chi connectivity index (χ1) is 12.2. The molecule has 0 bridgehead atoms. The number of carbonyl (C=O) groups is 1. The zero-order valence-corrected chi connectivity index (χ0v) is 15.9. The molecule has 25 heavy (non-hydrogen) atoms. The molecule has 2 aromatic heterocycles. The molecule has 0 spiro atoms. The van der Waals surface area contributed by atoms with Crippen LogP contribution in [-0.4, -0.2) is 26.7 Å². The normalized spacial score (nSPS) is 10.8. The summed E-state index contributed by atoms with van der Waals surface area (Å²) in [6.45, 7) is 4.61. The standard InChI is InChI=1S/C18H20N4OS2/c1-3-24-12-22-17(16(20-21-22)15-5-4-10-25-15)18(23)19-11-14-8-6-13(2)7-9-14/h4-10H,3,11-12H2,1-2H3,(H,19,23). The Morgan fingerprint density at radius 1 is 1.28 bits per heavy atom. The summed E-state index contributed by atoms with van der Waals surface area (Å²) in [5.74, 6) is 1.42. The fourth-order valence-electron chi connectivity index (χ4n) is 2.36. The van der Waals surface area contributed by atoms with Crippen molar-refractivity contribution in [3.8, 4) is 10.6 Å². The van der Waals surface area contributed by atoms with Gasteiger partial charge in [-0.15, -0.1) is 28.2 Å². The average Bonchev–Trinajstić information content (AvgIpc) is 3.28. The Balaban J connectivity index is 1.81. The van der Waals surface area contributed by atoms with Crippen molar-refractivity contribution in [2.75, 3.05) is 5.75 Å². The van der Waals surface area contributed by atoms with Crippen molar-refractivity contribution in [2.24, 2.45) is 0 Å². The number of thioether (sulfide) groups is 1. The highest BCUT2D eigenvalue weighted by Crippen LogP contribution is 2.26. The first-order valence-corrected chi connectivity index (χ1v) is 10.1. The molecule has 3 rings (SSSR count). The summed E-state index contributed by atoms with van der Waals surface area (Å²) in [5.41, 5.74) is 3.44. The van der Waals surface area contributed by atoms with Crippen LogP contribution < -0.4 is 5.32 Å². The monoisotopic (exact) mass is 372 g/mol. The van der Waals surface area contributed by atoms with Crippen LogP contribution in [0.25, 0.3) is 10.6 Å². The van der Waals surface area contributed by atoms with Gasteiger partial charge in [0.05, 0.1) is 10.8 Å². The van der Waals surface area contributed by atoms with Gasteiger partial charge in [0.15, 0.2) is 5.69 Å². The topological polar surface area (TPSA) is 59.8 Å². The van der Waals surface area contributed by atoms with Crippen LogP contribution in [0.5, 0.6) is 0 Å². The summed E-state index contributed by atoms with van der Waals surface area (Å²) < 4.78 is 1.69. The molecule has 0 fully saturated rings. The summed E-state index contributed by atoms with van der Waals surface area (Å²) in [5, 5.41) is 13.4. The minimum absolute atomic E-state index is 0.148. The quantitative estimate of drug-likeness (QED) is 0.682. The van der Waals surface area contributed by atoms with Gasteiger partial charge in [-0.05, 0) is 29.7 Å². The molecule has 0 aliphatic rings. The fraction of sp³-hybridized carbons (Fsp3) is 0.278. The lowest BCUT2D eigenvalue weighted by atomic mass is 10.1. The van der Waals surface area contributed by atoms with Crippen molar-refractivity contribution in [3.63, 3.8) is 0 Å². The number of nitrogens with one attached hydrogen (secondary N) is 1. The van der Waals surface area contributed by atoms with E-state index in [9.17, 15) is 4.79 Å². The molecule has 7 heteroatoms. The van der Waals surface area contributed by atoms with Crippen LogP contribution in [0.2, 0.25) is 0 Å². The molecular weight excluding hydrogens is 352 g/mol. The fourth-order valence-corrected chi connectivity index (χ4v) is 3.60. The van der Waals surface area contributed by atoms with Crippen LogP contribution in [0.1, 0.15) is 28.5 Å². The summed E-state index contributed by atoms with van der Waals surface area (Å²) in [6, 6.07) is 12.1. The predicted octanol–water partition coefficient (Wildman–Crippen LogP) is 3.96. The third-order valence-electron chi connectivity index (χ3n) is 3.70. The maximum Gasteiger partial charge on any atom is 0.272 e. The highest BCUT2D eigenvalue weighted by atomic mass is 32.2. The van der Waals surface area contributed by atoms with Gasteiger partial charge < -0.3 is 5.32 Å². The average molecular weight is 373 g/mol. The highest BCUT2D eigenvalue weighted by molar-refractivity contribution is 7.98. The molecule has 0 unspecified atom stereocenters. The van der Waals surface area contributed by atoms with E-state index in [1.54, 1.807) is 27.8 Å². The lowest BCUT2D eigenvalue weighted by Crippen LogP contribution is -2.26. The number of benzene rings is 1. The second-order valence-electron chi connectivity index (χ2n) is 5.55. The van der Waals surface area contributed by atoms with E-state index in [1.807, 2.05) is 48.7 Å². The van der Waals surface area contributed by atoms with Gasteiger partial charge in [-0.25, -0.2) is 4.68 Å². The Hall–Kier alpha value is -2.12. The van der Waals surface area contributed by atoms with Gasteiger partial charge in [0.1, 0.15) is 5.69 Å². The van der Waals surface area contributed by atoms with Gasteiger partial charge >= 0.3 is 0 Å². The number of aromatic nitrogens is 3. The molecule has 0 radical (unpaired) electrons. The molecule has 0 atom stereocenters. The van der Waals surface area contributed by atoms with Gasteiger partial charge in [-0.2, -0.15) is 0 Å². The molecule has 5 nitrogen and oxygen atoms in total. The minimum atomic E-state index is -0.148. The second kappa shape index (κ2) is 8.31. The van der Waals surface area contributed by atoms with Gasteiger partial charge in [-0.1, -0.05) is 48.0 Å². The lowest BCUT2D eigenvalue weighted by molar-refractivity contribution is 0.0942. The molecule has 1 aromatic carbocycles. The van der Waals surface area contributed by atoms with E-state index in [0.717, 1.165) is 16.2 Å². The third-order valence-corrected chi connectivity index (χ3v) is 5.41. The van der Waals surface area contributed by atoms with E-state index in [4.69, 9.17) is 0 Å². The Morgan fingerprint density at radius 3 is 2.76 bits per heavy atom. The predicted molar refractivity (Wildman–Crippen MR) is 104 cm³/mol. The van der Waals surface area contributed by atoms with Gasteiger partial charge in [0.25, 0.3) is 5.91 Å². The van der Waals surface area contributed by atoms with Gasteiger partial charge in [0, 0.05) is 6.54 Å². The Bertz CT molecular complexity index is 825. The van der Waals surface area contributed by atoms with Crippen LogP contribution in [-0.2, 0) is 12.4 Å². The van der Waals surface area contributed by atoms with E-state index in [2.05, 4.69) is 22.6 Å². The Kier molecular flexibility index (Phi) is 5.88. The zero-order valence-electron chi connectivity index (χ0n) is 14.2. The van der Waals surface area contributed by atoms with Crippen LogP contribution in [0.15, 0.2) is 41.8 Å². The van der Waals surface area contributed by atoms with Crippen LogP contribution in [0.3, 0.4) is 0 Å². The van der Waals surface area contributed by atoms with Gasteiger partial charge in [-0.3, -0.25) is 4.79 Å². The van der Waals surface area contributed by atoms with Crippen molar-refractivity contribution in [2.45, 2.75) is 26.3 Å². The molecule has 0 saturated heterocycles. The van der Waals surface area contributed by atoms with Gasteiger partial charge in [0.2, 0.25) is 0 Å². The first-order valence-electron chi connectivity index (χ1n) is 8.08. The molecule has 0 aliphatic carbocycles. The molecule has 2 heterocycles. The third kappa shape index (κ3) is 4.29. The zero-order chi connectivity index (χ0) is 17.6. The summed E-state index contributed by atoms with van der Waals surface area (Å²) in [7, 11) is 0. The van der Waals surface area contributed by atoms with E-state index >= 15 is 0 Å². The summed E-state index contributed by atoms with van der Waals surface area (Å²) in [6.07, 6.45) is 0. The van der Waals surface area contributed by atoms with E-state index < -0.39 is 0 Å². The Labute approximate surface area is 155 Å². The van der Waals surface area contributed by atoms with Crippen molar-refractivity contribution >= 4 is 29.0 Å². The number of rotatable bonds is 7. The van der Waals surface area contributed by atoms with Crippen LogP contribution in [0, 0.1) is 6.92 Å².